The van der Waals surface area contributed by atoms with Crippen LogP contribution in [0.25, 0.3) is 143 Å². The minimum atomic E-state index is -0.125. The number of rotatable bonds is 10. The molecular formula is C118H117Ir4N6O6-3. The molecular weight excluding hydrogens is 2370 g/mol. The number of hydrogen-bond donors (Lipinski definition) is 3. The number of ketones is 3. The van der Waals surface area contributed by atoms with Crippen LogP contribution in [-0.2, 0) is 101 Å². The Morgan fingerprint density at radius 2 is 0.918 bits per heavy atom. The van der Waals surface area contributed by atoms with Crippen molar-refractivity contribution in [2.24, 2.45) is 11.8 Å². The van der Waals surface area contributed by atoms with E-state index in [9.17, 15) is 19.5 Å². The van der Waals surface area contributed by atoms with Crippen LogP contribution in [0.5, 0.6) is 0 Å². The third kappa shape index (κ3) is 30.6. The predicted octanol–water partition coefficient (Wildman–Crippen LogP) is 29.8. The summed E-state index contributed by atoms with van der Waals surface area (Å²) in [5, 5.41) is 36.6. The molecule has 19 rings (SSSR count). The van der Waals surface area contributed by atoms with Gasteiger partial charge in [0, 0.05) is 134 Å². The number of carbonyl (C=O) groups is 3. The first-order chi connectivity index (χ1) is 61.1. The van der Waals surface area contributed by atoms with Gasteiger partial charge in [-0.1, -0.05) is 299 Å². The van der Waals surface area contributed by atoms with Crippen molar-refractivity contribution in [3.8, 4) is 67.3 Å². The van der Waals surface area contributed by atoms with E-state index in [4.69, 9.17) is 35.1 Å². The molecule has 18 aromatic rings. The molecule has 1 aliphatic rings. The summed E-state index contributed by atoms with van der Waals surface area (Å²) in [5.41, 5.74) is 28.2. The van der Waals surface area contributed by atoms with E-state index < -0.39 is 0 Å². The number of pyridine rings is 4. The summed E-state index contributed by atoms with van der Waals surface area (Å²) < 4.78 is 2.34. The van der Waals surface area contributed by atoms with Crippen molar-refractivity contribution in [3.05, 3.63) is 408 Å². The van der Waals surface area contributed by atoms with Gasteiger partial charge in [-0.3, -0.25) is 34.3 Å². The van der Waals surface area contributed by atoms with Crippen molar-refractivity contribution < 1.29 is 115 Å². The molecule has 6 heterocycles. The maximum Gasteiger partial charge on any atom is 0.221 e. The van der Waals surface area contributed by atoms with Gasteiger partial charge in [0.05, 0.1) is 56.0 Å². The van der Waals surface area contributed by atoms with E-state index in [0.717, 1.165) is 106 Å². The van der Waals surface area contributed by atoms with Crippen molar-refractivity contribution >= 4 is 93.4 Å². The molecule has 0 saturated heterocycles. The molecule has 13 aromatic carbocycles. The topological polar surface area (TPSA) is 180 Å². The van der Waals surface area contributed by atoms with Crippen LogP contribution in [0.1, 0.15) is 122 Å². The number of allylic oxidation sites excluding steroid dienone is 6. The van der Waals surface area contributed by atoms with Gasteiger partial charge in [0.1, 0.15) is 0 Å². The second-order valence-corrected chi connectivity index (χ2v) is 32.4. The van der Waals surface area contributed by atoms with Crippen molar-refractivity contribution in [2.45, 2.75) is 133 Å². The average Bonchev–Trinajstić information content (AvgIpc) is 0.866. The molecule has 0 aliphatic carbocycles. The van der Waals surface area contributed by atoms with E-state index in [1.807, 2.05) is 114 Å². The second-order valence-electron chi connectivity index (χ2n) is 32.4. The Morgan fingerprint density at radius 3 is 1.48 bits per heavy atom. The summed E-state index contributed by atoms with van der Waals surface area (Å²) >= 11 is 0. The minimum absolute atomic E-state index is 0. The fourth-order valence-electron chi connectivity index (χ4n) is 14.9. The van der Waals surface area contributed by atoms with Crippen molar-refractivity contribution in [1.29, 1.82) is 0 Å². The zero-order valence-corrected chi connectivity index (χ0v) is 85.6. The van der Waals surface area contributed by atoms with Gasteiger partial charge in [-0.15, -0.1) is 129 Å². The fourth-order valence-corrected chi connectivity index (χ4v) is 14.9. The monoisotopic (exact) mass is 2490 g/mol. The van der Waals surface area contributed by atoms with Crippen LogP contribution < -0.4 is 4.57 Å². The van der Waals surface area contributed by atoms with Gasteiger partial charge in [-0.05, 0) is 140 Å². The third-order valence-electron chi connectivity index (χ3n) is 20.8. The molecule has 0 bridgehead atoms. The van der Waals surface area contributed by atoms with Crippen molar-refractivity contribution in [3.63, 3.8) is 0 Å². The number of nitrogens with zero attached hydrogens (tertiary/aromatic N) is 6. The van der Waals surface area contributed by atoms with Crippen LogP contribution in [0, 0.1) is 84.6 Å². The molecule has 0 saturated carbocycles. The largest absolute Gasteiger partial charge is 0.512 e. The number of para-hydroxylation sites is 2. The molecule has 0 spiro atoms. The number of aliphatic hydroxyl groups excluding tert-OH is 3. The molecule has 12 nitrogen and oxygen atoms in total. The minimum Gasteiger partial charge on any atom is -0.512 e. The molecule has 694 valence electrons. The summed E-state index contributed by atoms with van der Waals surface area (Å²) in [6.07, 6.45) is 7.68. The summed E-state index contributed by atoms with van der Waals surface area (Å²) in [5.74, 6) is 0.0356. The van der Waals surface area contributed by atoms with Crippen LogP contribution in [0.4, 0.5) is 0 Å². The predicted molar refractivity (Wildman–Crippen MR) is 544 cm³/mol. The molecule has 1 aliphatic heterocycles. The zero-order chi connectivity index (χ0) is 90.4. The number of benzene rings is 13. The summed E-state index contributed by atoms with van der Waals surface area (Å²) in [6.45, 7) is 28.5. The summed E-state index contributed by atoms with van der Waals surface area (Å²) in [6, 6.07) is 115. The molecule has 0 fully saturated rings. The van der Waals surface area contributed by atoms with Gasteiger partial charge in [-0.2, -0.15) is 4.57 Å². The molecule has 4 radical (unpaired) electrons. The zero-order valence-electron chi connectivity index (χ0n) is 76.0. The molecule has 5 aromatic heterocycles. The number of aryl methyl sites for hydroxylation is 7. The number of aliphatic hydroxyl groups is 3. The number of aromatic nitrogens is 6. The van der Waals surface area contributed by atoms with Gasteiger partial charge >= 0.3 is 0 Å². The Bertz CT molecular complexity index is 7040. The van der Waals surface area contributed by atoms with Crippen LogP contribution in [-0.4, -0.2) is 57.6 Å². The number of fused-ring (bicyclic) bond motifs is 14. The maximum absolute atomic E-state index is 11.0. The van der Waals surface area contributed by atoms with Crippen LogP contribution in [0.15, 0.2) is 339 Å². The Balaban J connectivity index is 0.000000279. The molecule has 3 N–H and O–H groups in total. The Morgan fingerprint density at radius 1 is 0.403 bits per heavy atom. The normalized spacial score (nSPS) is 10.8. The van der Waals surface area contributed by atoms with E-state index in [1.54, 1.807) is 0 Å². The molecule has 0 amide bonds. The van der Waals surface area contributed by atoms with Crippen LogP contribution >= 0.6 is 0 Å². The van der Waals surface area contributed by atoms with E-state index in [1.165, 1.54) is 134 Å². The van der Waals surface area contributed by atoms with Crippen molar-refractivity contribution in [2.75, 3.05) is 0 Å². The Labute approximate surface area is 845 Å². The molecule has 0 unspecified atom stereocenters. The van der Waals surface area contributed by atoms with Gasteiger partial charge in [-0.25, -0.2) is 0 Å². The Hall–Kier alpha value is -12.4. The van der Waals surface area contributed by atoms with Gasteiger partial charge in [0.2, 0.25) is 5.69 Å². The van der Waals surface area contributed by atoms with E-state index in [-0.39, 0.29) is 149 Å². The first-order valence-electron chi connectivity index (χ1n) is 42.5. The quantitative estimate of drug-likeness (QED) is 0.0390. The first kappa shape index (κ1) is 112. The second kappa shape index (κ2) is 53.5. The SMILES string of the molecule is C.C.C.CC(=O)C=C(C)O.CC(=O)C=C(C)O.CC(C)C(=O)C=C(O)C(C)C.Cc1[c-]c(-c2ccc3ccc(C)cc3n2)cc(C)c1.Cc1[c-]c(-c2ccc3ccccc3n2)cc(C)c1.Cc1cc2ccccc2nc1-c1[c-]cccc1.Cc1cnc2c3[c-]cc(-c4ccccc4)cc3c3cc(-c4ccccc4)ccc3c2n1.[Ir].[Ir].[Ir].[Ir].c1ccc2c(c1)C[n+]1ccc3ccccc3c1-2. The van der Waals surface area contributed by atoms with E-state index >= 15 is 0 Å². The number of carbonyl (C=O) groups excluding carboxylic acids is 3. The van der Waals surface area contributed by atoms with Gasteiger partial charge in [0.15, 0.2) is 30.1 Å². The van der Waals surface area contributed by atoms with E-state index in [2.05, 4.69) is 295 Å². The molecule has 16 heteroatoms. The van der Waals surface area contributed by atoms with Crippen molar-refractivity contribution in [1.82, 2.24) is 24.9 Å². The molecule has 0 atom stereocenters. The van der Waals surface area contributed by atoms with Crippen LogP contribution in [0.3, 0.4) is 0 Å². The summed E-state index contributed by atoms with van der Waals surface area (Å²) in [7, 11) is 0. The van der Waals surface area contributed by atoms with Gasteiger partial charge in [0.25, 0.3) is 0 Å². The fraction of sp³-hybridized carbons (Fsp3) is 0.178. The standard InChI is InChI=1S/C29H19N2.C18H16N.C17H14N.2C16H12N.C9H16O2.2C5H8O2.3CH4.4Ir/c1-19-18-30-28-24-14-12-22(20-8-4-2-5-9-20)16-26(24)27-17-23(21-10-6-3-7-11-21)13-15-25(27)29(28)31-19;1-12-4-5-15-6-7-17(19-18(15)11-12)16-9-13(2)8-14(3)10-16;1-12-9-13(2)11-15(10-12)17-8-7-14-5-3-4-6-16(14)18-17;1-3-7-14-12(5-1)9-10-17-11-13-6-2-4-8-15(13)16(14)17;1-12-11-14-9-5-6-10-15(14)17-16(12)13-7-3-2-4-8-13;1-6(2)8(10)5-9(11)7(3)4;2*1-4(6)3-5(2)7;;;;;;;/h2-13,15-18H,1H3;4-9,11H,1-3H3;3-10H,1-2H3;1-10H,11H2;2-7,9-11H,1H3;5-7,10H,1-4H3;2*3,6H,1-2H3;3*1H4;;;;/q3*-1;+1;-1;;;;;;;;;;. The average molecular weight is 2480 g/mol. The first-order valence-corrected chi connectivity index (χ1v) is 42.5. The van der Waals surface area contributed by atoms with E-state index in [0.29, 0.717) is 0 Å². The third-order valence-corrected chi connectivity index (χ3v) is 20.8. The van der Waals surface area contributed by atoms with Gasteiger partial charge < -0.3 is 20.3 Å². The Kier molecular flexibility index (Phi) is 44.7. The molecule has 134 heavy (non-hydrogen) atoms. The van der Waals surface area contributed by atoms with Crippen LogP contribution in [0.2, 0.25) is 0 Å². The maximum atomic E-state index is 11.0. The smallest absolute Gasteiger partial charge is 0.221 e. The number of hydrogen-bond acceptors (Lipinski definition) is 11. The summed E-state index contributed by atoms with van der Waals surface area (Å²) in [4.78, 5) is 54.8.